The summed E-state index contributed by atoms with van der Waals surface area (Å²) < 4.78 is 29.2. The molecule has 5 heteroatoms. The van der Waals surface area contributed by atoms with Gasteiger partial charge in [0.2, 0.25) is 0 Å². The molecule has 0 atom stereocenters. The lowest BCUT2D eigenvalue weighted by Gasteiger charge is -2.12. The Morgan fingerprint density at radius 3 is 2.75 bits per heavy atom. The number of hydrogen-bond donors (Lipinski definition) is 1. The van der Waals surface area contributed by atoms with Gasteiger partial charge in [-0.25, -0.2) is 4.39 Å². The first kappa shape index (κ1) is 16.9. The molecule has 1 N–H and O–H groups in total. The fraction of sp³-hybridized carbons (Fsp3) is 0.600. The molecule has 0 fully saturated rings. The van der Waals surface area contributed by atoms with Crippen LogP contribution in [0.5, 0.6) is 5.75 Å². The van der Waals surface area contributed by atoms with E-state index in [-0.39, 0.29) is 5.82 Å². The monoisotopic (exact) mass is 285 g/mol. The number of halogens is 1. The molecule has 114 valence electrons. The second-order valence-corrected chi connectivity index (χ2v) is 4.34. The van der Waals surface area contributed by atoms with Crippen molar-refractivity contribution in [1.29, 1.82) is 0 Å². The van der Waals surface area contributed by atoms with Gasteiger partial charge in [0.05, 0.1) is 6.61 Å². The summed E-state index contributed by atoms with van der Waals surface area (Å²) in [4.78, 5) is 0. The highest BCUT2D eigenvalue weighted by Gasteiger charge is 2.05. The number of methoxy groups -OCH3 is 1. The van der Waals surface area contributed by atoms with E-state index in [9.17, 15) is 4.39 Å². The van der Waals surface area contributed by atoms with Crippen LogP contribution in [-0.2, 0) is 16.0 Å². The largest absolute Gasteiger partial charge is 0.491 e. The third-order valence-electron chi connectivity index (χ3n) is 2.71. The molecule has 0 saturated carbocycles. The lowest BCUT2D eigenvalue weighted by Crippen LogP contribution is -2.14. The zero-order valence-corrected chi connectivity index (χ0v) is 12.3. The van der Waals surface area contributed by atoms with Crippen LogP contribution in [0.2, 0.25) is 0 Å². The minimum Gasteiger partial charge on any atom is -0.491 e. The van der Waals surface area contributed by atoms with E-state index in [1.165, 1.54) is 12.1 Å². The molecule has 0 aromatic heterocycles. The Kier molecular flexibility index (Phi) is 8.95. The Balaban J connectivity index is 2.31. The van der Waals surface area contributed by atoms with Crippen molar-refractivity contribution in [1.82, 2.24) is 5.32 Å². The van der Waals surface area contributed by atoms with E-state index in [0.29, 0.717) is 38.7 Å². The van der Waals surface area contributed by atoms with Gasteiger partial charge in [0.25, 0.3) is 0 Å². The second kappa shape index (κ2) is 10.6. The van der Waals surface area contributed by atoms with Gasteiger partial charge in [0, 0.05) is 32.4 Å². The highest BCUT2D eigenvalue weighted by atomic mass is 19.1. The van der Waals surface area contributed by atoms with E-state index < -0.39 is 0 Å². The first-order chi connectivity index (χ1) is 9.77. The number of nitrogens with one attached hydrogen (secondary N) is 1. The molecule has 0 aliphatic carbocycles. The lowest BCUT2D eigenvalue weighted by atomic mass is 10.2. The van der Waals surface area contributed by atoms with Gasteiger partial charge in [-0.3, -0.25) is 0 Å². The summed E-state index contributed by atoms with van der Waals surface area (Å²) in [6, 6.07) is 4.56. The molecule has 0 bridgehead atoms. The molecule has 0 aliphatic heterocycles. The molecule has 1 aromatic carbocycles. The number of ether oxygens (including phenoxy) is 3. The predicted molar refractivity (Wildman–Crippen MR) is 76.6 cm³/mol. The minimum atomic E-state index is -0.249. The molecule has 0 spiro atoms. The summed E-state index contributed by atoms with van der Waals surface area (Å²) in [5.41, 5.74) is 0.825. The zero-order valence-electron chi connectivity index (χ0n) is 12.3. The van der Waals surface area contributed by atoms with Crippen LogP contribution in [0.4, 0.5) is 4.39 Å². The maximum atomic E-state index is 13.2. The molecular weight excluding hydrogens is 261 g/mol. The molecule has 20 heavy (non-hydrogen) atoms. The first-order valence-electron chi connectivity index (χ1n) is 6.96. The van der Waals surface area contributed by atoms with E-state index in [2.05, 4.69) is 5.32 Å². The zero-order chi connectivity index (χ0) is 14.6. The molecule has 0 amide bonds. The summed E-state index contributed by atoms with van der Waals surface area (Å²) in [7, 11) is 1.67. The van der Waals surface area contributed by atoms with Gasteiger partial charge in [0.15, 0.2) is 0 Å². The summed E-state index contributed by atoms with van der Waals surface area (Å²) in [6.45, 7) is 5.76. The van der Waals surface area contributed by atoms with Crippen LogP contribution in [-0.4, -0.2) is 40.1 Å². The molecule has 1 rings (SSSR count). The smallest absolute Gasteiger partial charge is 0.124 e. The summed E-state index contributed by atoms with van der Waals surface area (Å²) in [5, 5.41) is 3.17. The topological polar surface area (TPSA) is 39.7 Å². The number of benzene rings is 1. The van der Waals surface area contributed by atoms with Gasteiger partial charge in [-0.05, 0) is 31.2 Å². The standard InChI is InChI=1S/C15H24FNO3/c1-3-17-12-13-11-14(16)5-6-15(13)20-10-9-19-8-4-7-18-2/h5-6,11,17H,3-4,7-10,12H2,1-2H3. The maximum absolute atomic E-state index is 13.2. The summed E-state index contributed by atoms with van der Waals surface area (Å²) >= 11 is 0. The van der Waals surface area contributed by atoms with Crippen LogP contribution in [0.25, 0.3) is 0 Å². The van der Waals surface area contributed by atoms with E-state index in [4.69, 9.17) is 14.2 Å². The SMILES string of the molecule is CCNCc1cc(F)ccc1OCCOCCCOC. The normalized spacial score (nSPS) is 10.8. The van der Waals surface area contributed by atoms with Crippen molar-refractivity contribution < 1.29 is 18.6 Å². The third-order valence-corrected chi connectivity index (χ3v) is 2.71. The molecule has 0 radical (unpaired) electrons. The third kappa shape index (κ3) is 6.84. The second-order valence-electron chi connectivity index (χ2n) is 4.34. The molecule has 0 saturated heterocycles. The molecule has 1 aromatic rings. The number of rotatable bonds is 11. The van der Waals surface area contributed by atoms with Gasteiger partial charge >= 0.3 is 0 Å². The molecule has 0 heterocycles. The van der Waals surface area contributed by atoms with E-state index in [1.807, 2.05) is 6.92 Å². The van der Waals surface area contributed by atoms with Crippen molar-refractivity contribution in [3.8, 4) is 5.75 Å². The van der Waals surface area contributed by atoms with E-state index >= 15 is 0 Å². The van der Waals surface area contributed by atoms with Gasteiger partial charge in [-0.15, -0.1) is 0 Å². The fourth-order valence-corrected chi connectivity index (χ4v) is 1.70. The van der Waals surface area contributed by atoms with E-state index in [1.54, 1.807) is 13.2 Å². The van der Waals surface area contributed by atoms with Gasteiger partial charge in [-0.2, -0.15) is 0 Å². The van der Waals surface area contributed by atoms with Crippen LogP contribution in [0.15, 0.2) is 18.2 Å². The summed E-state index contributed by atoms with van der Waals surface area (Å²) in [5.74, 6) is 0.453. The quantitative estimate of drug-likeness (QED) is 0.634. The Morgan fingerprint density at radius 2 is 2.00 bits per heavy atom. The highest BCUT2D eigenvalue weighted by molar-refractivity contribution is 5.33. The van der Waals surface area contributed by atoms with Crippen molar-refractivity contribution in [2.45, 2.75) is 19.9 Å². The van der Waals surface area contributed by atoms with E-state index in [0.717, 1.165) is 18.5 Å². The molecular formula is C15H24FNO3. The Labute approximate surface area is 120 Å². The van der Waals surface area contributed by atoms with Crippen molar-refractivity contribution in [2.24, 2.45) is 0 Å². The maximum Gasteiger partial charge on any atom is 0.124 e. The van der Waals surface area contributed by atoms with Crippen LogP contribution >= 0.6 is 0 Å². The van der Waals surface area contributed by atoms with Crippen molar-refractivity contribution in [2.75, 3.05) is 40.1 Å². The molecule has 0 unspecified atom stereocenters. The van der Waals surface area contributed by atoms with Gasteiger partial charge < -0.3 is 19.5 Å². The number of hydrogen-bond acceptors (Lipinski definition) is 4. The Bertz CT molecular complexity index is 374. The molecule has 0 aliphatic rings. The minimum absolute atomic E-state index is 0.249. The van der Waals surface area contributed by atoms with Crippen molar-refractivity contribution in [3.63, 3.8) is 0 Å². The van der Waals surface area contributed by atoms with Crippen molar-refractivity contribution >= 4 is 0 Å². The predicted octanol–water partition coefficient (Wildman–Crippen LogP) is 2.37. The molecule has 4 nitrogen and oxygen atoms in total. The summed E-state index contributed by atoms with van der Waals surface area (Å²) in [6.07, 6.45) is 0.874. The fourth-order valence-electron chi connectivity index (χ4n) is 1.70. The average Bonchev–Trinajstić information content (AvgIpc) is 2.45. The van der Waals surface area contributed by atoms with Gasteiger partial charge in [0.1, 0.15) is 18.2 Å². The Hall–Kier alpha value is -1.17. The van der Waals surface area contributed by atoms with Crippen LogP contribution in [0, 0.1) is 5.82 Å². The van der Waals surface area contributed by atoms with Gasteiger partial charge in [-0.1, -0.05) is 6.92 Å². The van der Waals surface area contributed by atoms with Crippen LogP contribution < -0.4 is 10.1 Å². The highest BCUT2D eigenvalue weighted by Crippen LogP contribution is 2.19. The first-order valence-corrected chi connectivity index (χ1v) is 6.96. The Morgan fingerprint density at radius 1 is 1.15 bits per heavy atom. The average molecular weight is 285 g/mol. The van der Waals surface area contributed by atoms with Crippen LogP contribution in [0.1, 0.15) is 18.9 Å². The van der Waals surface area contributed by atoms with Crippen LogP contribution in [0.3, 0.4) is 0 Å². The van der Waals surface area contributed by atoms with Crippen molar-refractivity contribution in [3.05, 3.63) is 29.6 Å². The lowest BCUT2D eigenvalue weighted by molar-refractivity contribution is 0.0804.